The van der Waals surface area contributed by atoms with E-state index in [1.807, 2.05) is 36.4 Å². The van der Waals surface area contributed by atoms with Gasteiger partial charge in [0.05, 0.1) is 0 Å². The van der Waals surface area contributed by atoms with Gasteiger partial charge < -0.3 is 10.6 Å². The third-order valence-corrected chi connectivity index (χ3v) is 5.23. The SMILES string of the molecule is C=C1c2ccccc2C(=O)N1CC(=O)N1Cc2ccccc2C[C@@H]1C(N)=O. The van der Waals surface area contributed by atoms with Gasteiger partial charge in [0.1, 0.15) is 12.6 Å². The molecule has 0 bridgehead atoms. The fraction of sp³-hybridized carbons (Fsp3) is 0.190. The van der Waals surface area contributed by atoms with Gasteiger partial charge in [0, 0.05) is 29.8 Å². The second kappa shape index (κ2) is 6.39. The molecular formula is C21H19N3O3. The zero-order valence-electron chi connectivity index (χ0n) is 14.7. The summed E-state index contributed by atoms with van der Waals surface area (Å²) < 4.78 is 0. The molecule has 6 nitrogen and oxygen atoms in total. The van der Waals surface area contributed by atoms with Crippen LogP contribution in [0.15, 0.2) is 55.1 Å². The van der Waals surface area contributed by atoms with Crippen LogP contribution < -0.4 is 5.73 Å². The smallest absolute Gasteiger partial charge is 0.259 e. The molecule has 2 aromatic rings. The summed E-state index contributed by atoms with van der Waals surface area (Å²) in [4.78, 5) is 40.4. The van der Waals surface area contributed by atoms with E-state index in [1.165, 1.54) is 9.80 Å². The normalized spacial score (nSPS) is 18.3. The van der Waals surface area contributed by atoms with Crippen molar-refractivity contribution in [3.8, 4) is 0 Å². The fourth-order valence-electron chi connectivity index (χ4n) is 3.77. The van der Waals surface area contributed by atoms with Gasteiger partial charge in [-0.25, -0.2) is 0 Å². The van der Waals surface area contributed by atoms with Crippen molar-refractivity contribution in [1.82, 2.24) is 9.80 Å². The Morgan fingerprint density at radius 2 is 1.67 bits per heavy atom. The Balaban J connectivity index is 1.58. The van der Waals surface area contributed by atoms with Crippen LogP contribution >= 0.6 is 0 Å². The first-order valence-electron chi connectivity index (χ1n) is 8.73. The van der Waals surface area contributed by atoms with Gasteiger partial charge in [-0.2, -0.15) is 0 Å². The summed E-state index contributed by atoms with van der Waals surface area (Å²) in [5, 5.41) is 0. The average Bonchev–Trinajstić information content (AvgIpc) is 2.92. The standard InChI is InChI=1S/C21H19N3O3/c1-13-16-8-4-5-9-17(16)21(27)23(13)12-19(25)24-11-15-7-3-2-6-14(15)10-18(24)20(22)26/h2-9,18H,1,10-12H2,(H2,22,26)/t18-/m1/s1. The maximum Gasteiger partial charge on any atom is 0.259 e. The van der Waals surface area contributed by atoms with Crippen LogP contribution in [0.2, 0.25) is 0 Å². The van der Waals surface area contributed by atoms with Gasteiger partial charge >= 0.3 is 0 Å². The monoisotopic (exact) mass is 361 g/mol. The minimum atomic E-state index is -0.722. The molecule has 2 aliphatic heterocycles. The van der Waals surface area contributed by atoms with Crippen molar-refractivity contribution in [2.45, 2.75) is 19.0 Å². The number of fused-ring (bicyclic) bond motifs is 2. The molecular weight excluding hydrogens is 342 g/mol. The van der Waals surface area contributed by atoms with Crippen molar-refractivity contribution in [3.63, 3.8) is 0 Å². The van der Waals surface area contributed by atoms with E-state index in [0.29, 0.717) is 24.2 Å². The highest BCUT2D eigenvalue weighted by Crippen LogP contribution is 2.31. The van der Waals surface area contributed by atoms with Gasteiger partial charge in [-0.15, -0.1) is 0 Å². The molecule has 2 heterocycles. The number of amides is 3. The quantitative estimate of drug-likeness (QED) is 0.900. The molecule has 27 heavy (non-hydrogen) atoms. The largest absolute Gasteiger partial charge is 0.368 e. The van der Waals surface area contributed by atoms with E-state index in [4.69, 9.17) is 5.73 Å². The summed E-state index contributed by atoms with van der Waals surface area (Å²) in [5.41, 5.74) is 9.31. The molecule has 0 saturated heterocycles. The summed E-state index contributed by atoms with van der Waals surface area (Å²) in [7, 11) is 0. The highest BCUT2D eigenvalue weighted by molar-refractivity contribution is 6.10. The van der Waals surface area contributed by atoms with Gasteiger partial charge in [0.2, 0.25) is 11.8 Å². The third-order valence-electron chi connectivity index (χ3n) is 5.23. The highest BCUT2D eigenvalue weighted by atomic mass is 16.2. The molecule has 3 amide bonds. The molecule has 6 heteroatoms. The first kappa shape index (κ1) is 17.0. The molecule has 1 atom stereocenters. The number of benzene rings is 2. The van der Waals surface area contributed by atoms with Crippen molar-refractivity contribution in [3.05, 3.63) is 77.4 Å². The van der Waals surface area contributed by atoms with E-state index in [9.17, 15) is 14.4 Å². The first-order chi connectivity index (χ1) is 13.0. The lowest BCUT2D eigenvalue weighted by Crippen LogP contribution is -2.53. The summed E-state index contributed by atoms with van der Waals surface area (Å²) in [6.07, 6.45) is 0.381. The van der Waals surface area contributed by atoms with E-state index >= 15 is 0 Å². The van der Waals surface area contributed by atoms with Crippen molar-refractivity contribution < 1.29 is 14.4 Å². The Kier molecular flexibility index (Phi) is 4.03. The van der Waals surface area contributed by atoms with Crippen molar-refractivity contribution >= 4 is 23.4 Å². The molecule has 0 aromatic heterocycles. The van der Waals surface area contributed by atoms with E-state index < -0.39 is 11.9 Å². The molecule has 2 N–H and O–H groups in total. The molecule has 0 unspecified atom stereocenters. The first-order valence-corrected chi connectivity index (χ1v) is 8.73. The Morgan fingerprint density at radius 1 is 1.04 bits per heavy atom. The number of carbonyl (C=O) groups excluding carboxylic acids is 3. The Labute approximate surface area is 156 Å². The van der Waals surface area contributed by atoms with Crippen molar-refractivity contribution in [1.29, 1.82) is 0 Å². The molecule has 0 aliphatic carbocycles. The number of hydrogen-bond acceptors (Lipinski definition) is 3. The molecule has 0 radical (unpaired) electrons. The van der Waals surface area contributed by atoms with Gasteiger partial charge in [0.25, 0.3) is 5.91 Å². The van der Waals surface area contributed by atoms with E-state index in [1.54, 1.807) is 12.1 Å². The average molecular weight is 361 g/mol. The third kappa shape index (κ3) is 2.79. The highest BCUT2D eigenvalue weighted by Gasteiger charge is 2.37. The molecule has 2 aromatic carbocycles. The fourth-order valence-corrected chi connectivity index (χ4v) is 3.77. The van der Waals surface area contributed by atoms with Crippen LogP contribution in [0.4, 0.5) is 0 Å². The minimum Gasteiger partial charge on any atom is -0.368 e. The summed E-state index contributed by atoms with van der Waals surface area (Å²) in [6.45, 7) is 4.09. The van der Waals surface area contributed by atoms with Gasteiger partial charge in [-0.1, -0.05) is 49.0 Å². The number of hydrogen-bond donors (Lipinski definition) is 1. The van der Waals surface area contributed by atoms with E-state index in [2.05, 4.69) is 6.58 Å². The van der Waals surface area contributed by atoms with Crippen LogP contribution in [0, 0.1) is 0 Å². The van der Waals surface area contributed by atoms with Gasteiger partial charge in [0.15, 0.2) is 0 Å². The summed E-state index contributed by atoms with van der Waals surface area (Å²) in [6, 6.07) is 14.1. The van der Waals surface area contributed by atoms with Crippen LogP contribution in [-0.4, -0.2) is 40.1 Å². The van der Waals surface area contributed by atoms with Gasteiger partial charge in [-0.05, 0) is 17.2 Å². The van der Waals surface area contributed by atoms with E-state index in [-0.39, 0.29) is 18.4 Å². The number of nitrogens with zero attached hydrogens (tertiary/aromatic N) is 2. The van der Waals surface area contributed by atoms with Crippen LogP contribution in [0.5, 0.6) is 0 Å². The zero-order valence-corrected chi connectivity index (χ0v) is 14.7. The second-order valence-electron chi connectivity index (χ2n) is 6.80. The molecule has 136 valence electrons. The predicted octanol–water partition coefficient (Wildman–Crippen LogP) is 1.55. The number of rotatable bonds is 3. The van der Waals surface area contributed by atoms with Crippen LogP contribution in [0.1, 0.15) is 27.0 Å². The maximum absolute atomic E-state index is 13.0. The van der Waals surface area contributed by atoms with Crippen LogP contribution in [0.3, 0.4) is 0 Å². The lowest BCUT2D eigenvalue weighted by atomic mass is 9.93. The molecule has 4 rings (SSSR count). The van der Waals surface area contributed by atoms with Crippen molar-refractivity contribution in [2.75, 3.05) is 6.54 Å². The molecule has 0 spiro atoms. The Hall–Kier alpha value is -3.41. The second-order valence-corrected chi connectivity index (χ2v) is 6.80. The predicted molar refractivity (Wildman–Crippen MR) is 100 cm³/mol. The maximum atomic E-state index is 13.0. The lowest BCUT2D eigenvalue weighted by Gasteiger charge is -2.36. The molecule has 0 saturated carbocycles. The van der Waals surface area contributed by atoms with E-state index in [0.717, 1.165) is 16.7 Å². The van der Waals surface area contributed by atoms with Crippen molar-refractivity contribution in [2.24, 2.45) is 5.73 Å². The number of carbonyl (C=O) groups is 3. The molecule has 2 aliphatic rings. The van der Waals surface area contributed by atoms with Crippen LogP contribution in [0.25, 0.3) is 5.70 Å². The topological polar surface area (TPSA) is 83.7 Å². The molecule has 0 fully saturated rings. The minimum absolute atomic E-state index is 0.168. The number of nitrogens with two attached hydrogens (primary N) is 1. The van der Waals surface area contributed by atoms with Gasteiger partial charge in [-0.3, -0.25) is 19.3 Å². The van der Waals surface area contributed by atoms with Crippen LogP contribution in [-0.2, 0) is 22.6 Å². The Bertz CT molecular complexity index is 947. The number of primary amides is 1. The summed E-state index contributed by atoms with van der Waals surface area (Å²) >= 11 is 0. The Morgan fingerprint density at radius 3 is 2.33 bits per heavy atom. The lowest BCUT2D eigenvalue weighted by molar-refractivity contribution is -0.140. The zero-order chi connectivity index (χ0) is 19.1. The summed E-state index contributed by atoms with van der Waals surface area (Å²) in [5.74, 6) is -1.12.